The fourth-order valence-electron chi connectivity index (χ4n) is 2.93. The Morgan fingerprint density at radius 2 is 1.93 bits per heavy atom. The number of nitrogens with zero attached hydrogens (tertiary/aromatic N) is 4. The Morgan fingerprint density at radius 3 is 2.67 bits per heavy atom. The van der Waals surface area contributed by atoms with Crippen LogP contribution < -0.4 is 9.64 Å². The van der Waals surface area contributed by atoms with Crippen molar-refractivity contribution in [2.75, 3.05) is 45.1 Å². The van der Waals surface area contributed by atoms with Gasteiger partial charge in [-0.1, -0.05) is 11.6 Å². The van der Waals surface area contributed by atoms with Crippen molar-refractivity contribution in [2.45, 2.75) is 0 Å². The average Bonchev–Trinajstić information content (AvgIpc) is 2.72. The molecule has 0 atom stereocenters. The number of aromatic nitrogens is 3. The van der Waals surface area contributed by atoms with Gasteiger partial charge in [0.15, 0.2) is 18.4 Å². The van der Waals surface area contributed by atoms with E-state index in [0.29, 0.717) is 29.6 Å². The summed E-state index contributed by atoms with van der Waals surface area (Å²) in [6, 6.07) is 9.40. The smallest absolute Gasteiger partial charge is 0.188 e. The molecule has 1 aromatic carbocycles. The normalized spacial score (nSPS) is 14.5. The lowest BCUT2D eigenvalue weighted by Crippen LogP contribution is -2.37. The number of hydrogen-bond donors (Lipinski definition) is 0. The maximum atomic E-state index is 6.14. The highest BCUT2D eigenvalue weighted by molar-refractivity contribution is 6.31. The van der Waals surface area contributed by atoms with E-state index in [1.807, 2.05) is 30.3 Å². The predicted molar refractivity (Wildman–Crippen MR) is 103 cm³/mol. The van der Waals surface area contributed by atoms with Crippen molar-refractivity contribution < 1.29 is 14.2 Å². The quantitative estimate of drug-likeness (QED) is 0.624. The number of fused-ring (bicyclic) bond motifs is 1. The fourth-order valence-corrected chi connectivity index (χ4v) is 3.08. The van der Waals surface area contributed by atoms with E-state index in [0.717, 1.165) is 35.7 Å². The van der Waals surface area contributed by atoms with Crippen molar-refractivity contribution in [1.29, 1.82) is 0 Å². The van der Waals surface area contributed by atoms with E-state index in [9.17, 15) is 0 Å². The molecule has 0 saturated carbocycles. The van der Waals surface area contributed by atoms with Gasteiger partial charge in [0.05, 0.1) is 23.8 Å². The Balaban J connectivity index is 1.76. The third-order valence-corrected chi connectivity index (χ3v) is 4.46. The minimum atomic E-state index is 0.206. The first-order chi connectivity index (χ1) is 13.2. The molecule has 0 amide bonds. The zero-order chi connectivity index (χ0) is 18.6. The topological polar surface area (TPSA) is 69.6 Å². The van der Waals surface area contributed by atoms with Crippen LogP contribution in [0.5, 0.6) is 5.75 Å². The monoisotopic (exact) mass is 386 g/mol. The molecule has 4 rings (SSSR count). The number of pyridine rings is 1. The first kappa shape index (κ1) is 17.9. The summed E-state index contributed by atoms with van der Waals surface area (Å²) in [4.78, 5) is 16.1. The van der Waals surface area contributed by atoms with Crippen LogP contribution in [0.25, 0.3) is 22.4 Å². The highest BCUT2D eigenvalue weighted by Gasteiger charge is 2.19. The molecular formula is C19H19ClN4O3. The summed E-state index contributed by atoms with van der Waals surface area (Å²) in [7, 11) is 1.59. The van der Waals surface area contributed by atoms with Crippen LogP contribution in [0, 0.1) is 0 Å². The molecule has 140 valence electrons. The summed E-state index contributed by atoms with van der Waals surface area (Å²) in [6.45, 7) is 3.07. The second-order valence-corrected chi connectivity index (χ2v) is 6.50. The van der Waals surface area contributed by atoms with Crippen molar-refractivity contribution in [1.82, 2.24) is 15.0 Å². The van der Waals surface area contributed by atoms with E-state index in [-0.39, 0.29) is 6.79 Å². The molecule has 0 spiro atoms. The number of benzene rings is 1. The summed E-state index contributed by atoms with van der Waals surface area (Å²) in [5.41, 5.74) is 2.34. The number of anilines is 1. The first-order valence-corrected chi connectivity index (χ1v) is 9.00. The number of ether oxygens (including phenoxy) is 3. The zero-order valence-electron chi connectivity index (χ0n) is 14.9. The molecule has 0 radical (unpaired) electrons. The fraction of sp³-hybridized carbons (Fsp3) is 0.316. The number of morpholine rings is 1. The third-order valence-electron chi connectivity index (χ3n) is 4.25. The largest absolute Gasteiger partial charge is 0.468 e. The number of halogens is 1. The zero-order valence-corrected chi connectivity index (χ0v) is 15.6. The summed E-state index contributed by atoms with van der Waals surface area (Å²) in [5.74, 6) is 2.14. The standard InChI is InChI=1S/C19H19ClN4O3/c1-25-12-27-15-4-2-13(3-5-15)18-22-16-10-14(20)11-21-17(16)19(23-18)24-6-8-26-9-7-24/h2-5,10-11H,6-9,12H2,1H3. The second-order valence-electron chi connectivity index (χ2n) is 6.07. The van der Waals surface area contributed by atoms with Crippen LogP contribution >= 0.6 is 11.6 Å². The molecule has 2 aromatic heterocycles. The van der Waals surface area contributed by atoms with Crippen LogP contribution in [0.1, 0.15) is 0 Å². The van der Waals surface area contributed by atoms with E-state index < -0.39 is 0 Å². The van der Waals surface area contributed by atoms with Crippen LogP contribution in [-0.4, -0.2) is 55.2 Å². The molecule has 0 aliphatic carbocycles. The average molecular weight is 387 g/mol. The SMILES string of the molecule is COCOc1ccc(-c2nc(N3CCOCC3)c3ncc(Cl)cc3n2)cc1. The molecule has 0 bridgehead atoms. The number of hydrogen-bond acceptors (Lipinski definition) is 7. The Labute approximate surface area is 161 Å². The molecule has 0 unspecified atom stereocenters. The summed E-state index contributed by atoms with van der Waals surface area (Å²) in [6.07, 6.45) is 1.62. The molecule has 1 aliphatic heterocycles. The molecule has 1 aliphatic rings. The Bertz CT molecular complexity index is 930. The maximum Gasteiger partial charge on any atom is 0.188 e. The molecule has 27 heavy (non-hydrogen) atoms. The van der Waals surface area contributed by atoms with Crippen molar-refractivity contribution in [2.24, 2.45) is 0 Å². The van der Waals surface area contributed by atoms with Crippen molar-refractivity contribution in [3.63, 3.8) is 0 Å². The van der Waals surface area contributed by atoms with Gasteiger partial charge in [-0.05, 0) is 30.3 Å². The molecule has 0 N–H and O–H groups in total. The van der Waals surface area contributed by atoms with E-state index in [2.05, 4.69) is 14.9 Å². The molecule has 3 aromatic rings. The van der Waals surface area contributed by atoms with Crippen molar-refractivity contribution in [3.05, 3.63) is 41.6 Å². The van der Waals surface area contributed by atoms with Crippen molar-refractivity contribution in [3.8, 4) is 17.1 Å². The van der Waals surface area contributed by atoms with E-state index in [1.165, 1.54) is 0 Å². The third kappa shape index (κ3) is 3.95. The van der Waals surface area contributed by atoms with Crippen molar-refractivity contribution >= 4 is 28.5 Å². The Hall–Kier alpha value is -2.48. The van der Waals surface area contributed by atoms with Crippen LogP contribution in [-0.2, 0) is 9.47 Å². The summed E-state index contributed by atoms with van der Waals surface area (Å²) < 4.78 is 15.8. The summed E-state index contributed by atoms with van der Waals surface area (Å²) in [5, 5.41) is 0.545. The predicted octanol–water partition coefficient (Wildman–Crippen LogP) is 3.16. The van der Waals surface area contributed by atoms with Gasteiger partial charge in [-0.3, -0.25) is 0 Å². The van der Waals surface area contributed by atoms with E-state index in [1.54, 1.807) is 13.3 Å². The Morgan fingerprint density at radius 1 is 1.15 bits per heavy atom. The lowest BCUT2D eigenvalue weighted by Gasteiger charge is -2.28. The maximum absolute atomic E-state index is 6.14. The van der Waals surface area contributed by atoms with Crippen LogP contribution in [0.3, 0.4) is 0 Å². The van der Waals surface area contributed by atoms with Crippen LogP contribution in [0.4, 0.5) is 5.82 Å². The number of rotatable bonds is 5. The van der Waals surface area contributed by atoms with Gasteiger partial charge in [0.25, 0.3) is 0 Å². The number of methoxy groups -OCH3 is 1. The molecule has 1 fully saturated rings. The molecule has 1 saturated heterocycles. The Kier molecular flexibility index (Phi) is 5.33. The van der Waals surface area contributed by atoms with Gasteiger partial charge in [0, 0.05) is 32.0 Å². The summed E-state index contributed by atoms with van der Waals surface area (Å²) >= 11 is 6.14. The van der Waals surface area contributed by atoms with Gasteiger partial charge in [-0.2, -0.15) is 0 Å². The lowest BCUT2D eigenvalue weighted by molar-refractivity contribution is 0.0511. The van der Waals surface area contributed by atoms with E-state index >= 15 is 0 Å². The van der Waals surface area contributed by atoms with E-state index in [4.69, 9.17) is 30.8 Å². The van der Waals surface area contributed by atoms with Gasteiger partial charge in [-0.15, -0.1) is 0 Å². The minimum Gasteiger partial charge on any atom is -0.468 e. The highest BCUT2D eigenvalue weighted by Crippen LogP contribution is 2.29. The van der Waals surface area contributed by atoms with Gasteiger partial charge >= 0.3 is 0 Å². The van der Waals surface area contributed by atoms with Crippen LogP contribution in [0.2, 0.25) is 5.02 Å². The van der Waals surface area contributed by atoms with Gasteiger partial charge in [0.1, 0.15) is 11.3 Å². The minimum absolute atomic E-state index is 0.206. The van der Waals surface area contributed by atoms with Gasteiger partial charge < -0.3 is 19.1 Å². The lowest BCUT2D eigenvalue weighted by atomic mass is 10.2. The van der Waals surface area contributed by atoms with Gasteiger partial charge in [0.2, 0.25) is 0 Å². The van der Waals surface area contributed by atoms with Crippen LogP contribution in [0.15, 0.2) is 36.5 Å². The molecule has 7 nitrogen and oxygen atoms in total. The first-order valence-electron chi connectivity index (χ1n) is 8.63. The van der Waals surface area contributed by atoms with Gasteiger partial charge in [-0.25, -0.2) is 15.0 Å². The second kappa shape index (κ2) is 8.04. The molecule has 3 heterocycles. The molecular weight excluding hydrogens is 368 g/mol. The molecule has 8 heteroatoms. The highest BCUT2D eigenvalue weighted by atomic mass is 35.5.